The van der Waals surface area contributed by atoms with Gasteiger partial charge in [0.25, 0.3) is 5.91 Å². The van der Waals surface area contributed by atoms with Gasteiger partial charge in [0.1, 0.15) is 6.10 Å². The summed E-state index contributed by atoms with van der Waals surface area (Å²) in [5, 5.41) is 6.01. The average molecular weight is 264 g/mol. The van der Waals surface area contributed by atoms with Crippen LogP contribution in [0.1, 0.15) is 18.6 Å². The Kier molecular flexibility index (Phi) is 4.90. The summed E-state index contributed by atoms with van der Waals surface area (Å²) < 4.78 is 10.7. The highest BCUT2D eigenvalue weighted by Crippen LogP contribution is 2.19. The highest BCUT2D eigenvalue weighted by molar-refractivity contribution is 5.94. The van der Waals surface area contributed by atoms with Crippen molar-refractivity contribution in [2.45, 2.75) is 19.1 Å². The first-order valence-electron chi connectivity index (χ1n) is 6.46. The van der Waals surface area contributed by atoms with Crippen LogP contribution in [0.4, 0.5) is 5.69 Å². The Labute approximate surface area is 113 Å². The van der Waals surface area contributed by atoms with Crippen LogP contribution in [0.25, 0.3) is 0 Å². The SMILES string of the molecule is COC(C)c1cccc(NC(=O)C2CNCCO2)c1. The zero-order valence-corrected chi connectivity index (χ0v) is 11.3. The fraction of sp³-hybridized carbons (Fsp3) is 0.500. The number of anilines is 1. The Morgan fingerprint density at radius 2 is 2.42 bits per heavy atom. The molecule has 0 saturated carbocycles. The molecule has 0 aromatic heterocycles. The first-order chi connectivity index (χ1) is 9.20. The Morgan fingerprint density at radius 1 is 1.58 bits per heavy atom. The van der Waals surface area contributed by atoms with Crippen LogP contribution >= 0.6 is 0 Å². The molecule has 2 atom stereocenters. The second-order valence-electron chi connectivity index (χ2n) is 4.56. The summed E-state index contributed by atoms with van der Waals surface area (Å²) in [6.07, 6.45) is -0.415. The molecule has 1 aromatic carbocycles. The van der Waals surface area contributed by atoms with Crippen molar-refractivity contribution in [3.63, 3.8) is 0 Å². The van der Waals surface area contributed by atoms with E-state index in [1.165, 1.54) is 0 Å². The van der Waals surface area contributed by atoms with Crippen LogP contribution in [-0.4, -0.2) is 38.8 Å². The lowest BCUT2D eigenvalue weighted by atomic mass is 10.1. The average Bonchev–Trinajstić information content (AvgIpc) is 2.47. The van der Waals surface area contributed by atoms with Crippen LogP contribution in [0, 0.1) is 0 Å². The molecule has 0 aliphatic carbocycles. The summed E-state index contributed by atoms with van der Waals surface area (Å²) in [4.78, 5) is 12.0. The predicted molar refractivity (Wildman–Crippen MR) is 73.1 cm³/mol. The number of nitrogens with one attached hydrogen (secondary N) is 2. The van der Waals surface area contributed by atoms with E-state index in [2.05, 4.69) is 10.6 Å². The van der Waals surface area contributed by atoms with Gasteiger partial charge in [-0.1, -0.05) is 12.1 Å². The third kappa shape index (κ3) is 3.76. The summed E-state index contributed by atoms with van der Waals surface area (Å²) in [6.45, 7) is 3.89. The van der Waals surface area contributed by atoms with Gasteiger partial charge in [0, 0.05) is 25.9 Å². The molecule has 1 fully saturated rings. The lowest BCUT2D eigenvalue weighted by molar-refractivity contribution is -0.128. The molecule has 104 valence electrons. The van der Waals surface area contributed by atoms with Crippen molar-refractivity contribution in [2.75, 3.05) is 32.1 Å². The van der Waals surface area contributed by atoms with Crippen molar-refractivity contribution in [1.82, 2.24) is 5.32 Å². The number of carbonyl (C=O) groups is 1. The first kappa shape index (κ1) is 14.0. The maximum Gasteiger partial charge on any atom is 0.254 e. The van der Waals surface area contributed by atoms with E-state index in [-0.39, 0.29) is 12.0 Å². The number of morpholine rings is 1. The van der Waals surface area contributed by atoms with Gasteiger partial charge in [0.2, 0.25) is 0 Å². The first-order valence-corrected chi connectivity index (χ1v) is 6.46. The number of carbonyl (C=O) groups excluding carboxylic acids is 1. The van der Waals surface area contributed by atoms with Crippen LogP contribution in [0.5, 0.6) is 0 Å². The van der Waals surface area contributed by atoms with E-state index < -0.39 is 6.10 Å². The minimum Gasteiger partial charge on any atom is -0.377 e. The van der Waals surface area contributed by atoms with Gasteiger partial charge in [-0.3, -0.25) is 4.79 Å². The van der Waals surface area contributed by atoms with Gasteiger partial charge < -0.3 is 20.1 Å². The van der Waals surface area contributed by atoms with Crippen molar-refractivity contribution in [3.05, 3.63) is 29.8 Å². The molecule has 1 aliphatic heterocycles. The lowest BCUT2D eigenvalue weighted by Gasteiger charge is -2.23. The summed E-state index contributed by atoms with van der Waals surface area (Å²) in [5.41, 5.74) is 1.79. The maximum absolute atomic E-state index is 12.0. The molecule has 2 N–H and O–H groups in total. The molecule has 0 radical (unpaired) electrons. The Balaban J connectivity index is 2.00. The van der Waals surface area contributed by atoms with Crippen LogP contribution in [-0.2, 0) is 14.3 Å². The van der Waals surface area contributed by atoms with E-state index in [1.54, 1.807) is 7.11 Å². The van der Waals surface area contributed by atoms with Crippen LogP contribution < -0.4 is 10.6 Å². The highest BCUT2D eigenvalue weighted by atomic mass is 16.5. The van der Waals surface area contributed by atoms with E-state index in [1.807, 2.05) is 31.2 Å². The number of ether oxygens (including phenoxy) is 2. The van der Waals surface area contributed by atoms with Gasteiger partial charge >= 0.3 is 0 Å². The smallest absolute Gasteiger partial charge is 0.254 e. The molecule has 0 spiro atoms. The molecule has 1 aromatic rings. The van der Waals surface area contributed by atoms with Gasteiger partial charge in [0.15, 0.2) is 0 Å². The van der Waals surface area contributed by atoms with Crippen LogP contribution in [0.3, 0.4) is 0 Å². The topological polar surface area (TPSA) is 59.6 Å². The van der Waals surface area contributed by atoms with Gasteiger partial charge in [-0.25, -0.2) is 0 Å². The molecular formula is C14H20N2O3. The van der Waals surface area contributed by atoms with Gasteiger partial charge in [-0.05, 0) is 24.6 Å². The van der Waals surface area contributed by atoms with E-state index >= 15 is 0 Å². The fourth-order valence-corrected chi connectivity index (χ4v) is 1.96. The van der Waals surface area contributed by atoms with Crippen molar-refractivity contribution >= 4 is 11.6 Å². The molecule has 5 heteroatoms. The quantitative estimate of drug-likeness (QED) is 0.861. The number of hydrogen-bond acceptors (Lipinski definition) is 4. The van der Waals surface area contributed by atoms with Gasteiger partial charge in [0.05, 0.1) is 12.7 Å². The van der Waals surface area contributed by atoms with Crippen LogP contribution in [0.2, 0.25) is 0 Å². The zero-order valence-electron chi connectivity index (χ0n) is 11.3. The monoisotopic (exact) mass is 264 g/mol. The number of methoxy groups -OCH3 is 1. The largest absolute Gasteiger partial charge is 0.377 e. The van der Waals surface area contributed by atoms with E-state index in [9.17, 15) is 4.79 Å². The Hall–Kier alpha value is -1.43. The molecular weight excluding hydrogens is 244 g/mol. The molecule has 1 amide bonds. The van der Waals surface area contributed by atoms with Crippen molar-refractivity contribution < 1.29 is 14.3 Å². The highest BCUT2D eigenvalue weighted by Gasteiger charge is 2.21. The summed E-state index contributed by atoms with van der Waals surface area (Å²) >= 11 is 0. The molecule has 0 bridgehead atoms. The van der Waals surface area contributed by atoms with Gasteiger partial charge in [-0.15, -0.1) is 0 Å². The van der Waals surface area contributed by atoms with E-state index in [0.29, 0.717) is 13.2 Å². The normalized spacial score (nSPS) is 20.8. The predicted octanol–water partition coefficient (Wildman–Crippen LogP) is 1.32. The maximum atomic E-state index is 12.0. The zero-order chi connectivity index (χ0) is 13.7. The van der Waals surface area contributed by atoms with Crippen molar-refractivity contribution in [1.29, 1.82) is 0 Å². The standard InChI is InChI=1S/C14H20N2O3/c1-10(18-2)11-4-3-5-12(8-11)16-14(17)13-9-15-6-7-19-13/h3-5,8,10,13,15H,6-7,9H2,1-2H3,(H,16,17). The number of hydrogen-bond donors (Lipinski definition) is 2. The third-order valence-electron chi connectivity index (χ3n) is 3.20. The van der Waals surface area contributed by atoms with Crippen molar-refractivity contribution in [3.8, 4) is 0 Å². The minimum absolute atomic E-state index is 0.00412. The molecule has 5 nitrogen and oxygen atoms in total. The summed E-state index contributed by atoms with van der Waals surface area (Å²) in [5.74, 6) is -0.116. The van der Waals surface area contributed by atoms with Crippen LogP contribution in [0.15, 0.2) is 24.3 Å². The van der Waals surface area contributed by atoms with E-state index in [4.69, 9.17) is 9.47 Å². The molecule has 19 heavy (non-hydrogen) atoms. The molecule has 1 saturated heterocycles. The number of rotatable bonds is 4. The summed E-state index contributed by atoms with van der Waals surface area (Å²) in [7, 11) is 1.66. The Bertz CT molecular complexity index is 430. The molecule has 1 aliphatic rings. The second-order valence-corrected chi connectivity index (χ2v) is 4.56. The number of benzene rings is 1. The molecule has 2 unspecified atom stereocenters. The van der Waals surface area contributed by atoms with Crippen molar-refractivity contribution in [2.24, 2.45) is 0 Å². The van der Waals surface area contributed by atoms with E-state index in [0.717, 1.165) is 17.8 Å². The second kappa shape index (κ2) is 6.65. The lowest BCUT2D eigenvalue weighted by Crippen LogP contribution is -2.45. The fourth-order valence-electron chi connectivity index (χ4n) is 1.96. The van der Waals surface area contributed by atoms with Gasteiger partial charge in [-0.2, -0.15) is 0 Å². The molecule has 1 heterocycles. The number of amides is 1. The Morgan fingerprint density at radius 3 is 3.11 bits per heavy atom. The third-order valence-corrected chi connectivity index (χ3v) is 3.20. The minimum atomic E-state index is -0.419. The molecule has 2 rings (SSSR count). The summed E-state index contributed by atoms with van der Waals surface area (Å²) in [6, 6.07) is 7.66.